The monoisotopic (exact) mass is 392 g/mol. The molecular weight excluding hydrogens is 368 g/mol. The van der Waals surface area contributed by atoms with Gasteiger partial charge < -0.3 is 4.90 Å². The Kier molecular flexibility index (Phi) is 5.76. The molecule has 5 nitrogen and oxygen atoms in total. The average molecular weight is 393 g/mol. The summed E-state index contributed by atoms with van der Waals surface area (Å²) in [4.78, 5) is 14.8. The molecule has 1 saturated heterocycles. The Morgan fingerprint density at radius 2 is 1.75 bits per heavy atom. The van der Waals surface area contributed by atoms with Crippen molar-refractivity contribution >= 4 is 17.7 Å². The molecular formula is C22H24N4OS. The van der Waals surface area contributed by atoms with E-state index in [-0.39, 0.29) is 5.91 Å². The molecule has 1 unspecified atom stereocenters. The van der Waals surface area contributed by atoms with Gasteiger partial charge in [0, 0.05) is 23.8 Å². The Hall–Kier alpha value is -2.60. The predicted octanol–water partition coefficient (Wildman–Crippen LogP) is 4.43. The number of piperidine rings is 1. The van der Waals surface area contributed by atoms with Gasteiger partial charge in [-0.05, 0) is 38.3 Å². The van der Waals surface area contributed by atoms with Crippen molar-refractivity contribution in [3.63, 3.8) is 0 Å². The number of carbonyl (C=O) groups excluding carboxylic acids is 1. The van der Waals surface area contributed by atoms with Gasteiger partial charge in [0.2, 0.25) is 5.91 Å². The highest BCUT2D eigenvalue weighted by Gasteiger charge is 2.24. The topological polar surface area (TPSA) is 51.0 Å². The molecule has 144 valence electrons. The molecule has 0 radical (unpaired) electrons. The smallest absolute Gasteiger partial charge is 0.233 e. The first-order valence-corrected chi connectivity index (χ1v) is 10.7. The third kappa shape index (κ3) is 3.97. The van der Waals surface area contributed by atoms with Crippen molar-refractivity contribution in [3.05, 3.63) is 60.7 Å². The molecule has 1 fully saturated rings. The van der Waals surface area contributed by atoms with Crippen LogP contribution >= 0.6 is 11.8 Å². The fourth-order valence-corrected chi connectivity index (χ4v) is 4.46. The fourth-order valence-electron chi connectivity index (χ4n) is 3.63. The largest absolute Gasteiger partial charge is 0.339 e. The van der Waals surface area contributed by atoms with Crippen LogP contribution in [-0.4, -0.2) is 43.9 Å². The van der Waals surface area contributed by atoms with Gasteiger partial charge in [-0.3, -0.25) is 9.36 Å². The fraction of sp³-hybridized carbons (Fsp3) is 0.318. The summed E-state index contributed by atoms with van der Waals surface area (Å²) >= 11 is 1.46. The van der Waals surface area contributed by atoms with E-state index in [4.69, 9.17) is 0 Å². The molecule has 2 aromatic carbocycles. The maximum atomic E-state index is 12.8. The van der Waals surface area contributed by atoms with Gasteiger partial charge in [-0.15, -0.1) is 10.2 Å². The number of aromatic nitrogens is 3. The van der Waals surface area contributed by atoms with E-state index < -0.39 is 0 Å². The van der Waals surface area contributed by atoms with Gasteiger partial charge in [-0.1, -0.05) is 60.3 Å². The van der Waals surface area contributed by atoms with Crippen LogP contribution in [0.2, 0.25) is 0 Å². The Morgan fingerprint density at radius 1 is 1.04 bits per heavy atom. The minimum atomic E-state index is 0.182. The highest BCUT2D eigenvalue weighted by molar-refractivity contribution is 7.99. The molecule has 0 spiro atoms. The Morgan fingerprint density at radius 3 is 2.46 bits per heavy atom. The number of nitrogens with zero attached hydrogens (tertiary/aromatic N) is 4. The Balaban J connectivity index is 1.60. The highest BCUT2D eigenvalue weighted by atomic mass is 32.2. The van der Waals surface area contributed by atoms with Crippen molar-refractivity contribution in [1.29, 1.82) is 0 Å². The molecule has 3 aromatic rings. The molecule has 6 heteroatoms. The summed E-state index contributed by atoms with van der Waals surface area (Å²) in [6, 6.07) is 20.4. The number of para-hydroxylation sites is 1. The third-order valence-electron chi connectivity index (χ3n) is 5.13. The molecule has 0 saturated carbocycles. The molecule has 0 aliphatic carbocycles. The number of amides is 1. The van der Waals surface area contributed by atoms with Crippen LogP contribution in [0.25, 0.3) is 17.1 Å². The Labute approximate surface area is 169 Å². The van der Waals surface area contributed by atoms with E-state index >= 15 is 0 Å². The molecule has 1 aromatic heterocycles. The highest BCUT2D eigenvalue weighted by Crippen LogP contribution is 2.28. The maximum absolute atomic E-state index is 12.8. The lowest BCUT2D eigenvalue weighted by Crippen LogP contribution is -2.42. The van der Waals surface area contributed by atoms with Crippen LogP contribution in [0.15, 0.2) is 65.8 Å². The van der Waals surface area contributed by atoms with Gasteiger partial charge in [0.15, 0.2) is 11.0 Å². The van der Waals surface area contributed by atoms with E-state index in [0.717, 1.165) is 41.6 Å². The van der Waals surface area contributed by atoms with Crippen molar-refractivity contribution in [2.24, 2.45) is 0 Å². The summed E-state index contributed by atoms with van der Waals surface area (Å²) in [7, 11) is 0. The summed E-state index contributed by atoms with van der Waals surface area (Å²) in [5.74, 6) is 1.35. The van der Waals surface area contributed by atoms with Crippen LogP contribution in [0.4, 0.5) is 0 Å². The van der Waals surface area contributed by atoms with Gasteiger partial charge in [-0.2, -0.15) is 0 Å². The molecule has 0 N–H and O–H groups in total. The standard InChI is InChI=1S/C22H24N4OS/c1-17-10-8-9-15-25(17)20(27)16-28-22-24-23-21(18-11-4-2-5-12-18)26(22)19-13-6-3-7-14-19/h2-7,11-14,17H,8-10,15-16H2,1H3. The number of thioether (sulfide) groups is 1. The third-order valence-corrected chi connectivity index (χ3v) is 6.04. The number of benzene rings is 2. The van der Waals surface area contributed by atoms with E-state index in [2.05, 4.69) is 17.1 Å². The van der Waals surface area contributed by atoms with Crippen molar-refractivity contribution < 1.29 is 4.79 Å². The minimum Gasteiger partial charge on any atom is -0.339 e. The first-order valence-electron chi connectivity index (χ1n) is 9.72. The van der Waals surface area contributed by atoms with Crippen LogP contribution in [0.1, 0.15) is 26.2 Å². The SMILES string of the molecule is CC1CCCCN1C(=O)CSc1nnc(-c2ccccc2)n1-c1ccccc1. The van der Waals surface area contributed by atoms with Crippen molar-refractivity contribution in [2.75, 3.05) is 12.3 Å². The zero-order chi connectivity index (χ0) is 19.3. The minimum absolute atomic E-state index is 0.182. The summed E-state index contributed by atoms with van der Waals surface area (Å²) in [5.41, 5.74) is 1.99. The molecule has 0 bridgehead atoms. The molecule has 1 amide bonds. The summed E-state index contributed by atoms with van der Waals surface area (Å²) < 4.78 is 2.03. The summed E-state index contributed by atoms with van der Waals surface area (Å²) in [6.07, 6.45) is 3.40. The van der Waals surface area contributed by atoms with Gasteiger partial charge in [0.25, 0.3) is 0 Å². The number of likely N-dealkylation sites (tertiary alicyclic amines) is 1. The molecule has 1 atom stereocenters. The lowest BCUT2D eigenvalue weighted by molar-refractivity contribution is -0.131. The van der Waals surface area contributed by atoms with Gasteiger partial charge >= 0.3 is 0 Å². The molecule has 1 aliphatic heterocycles. The molecule has 2 heterocycles. The van der Waals surface area contributed by atoms with Crippen LogP contribution in [0, 0.1) is 0 Å². The second-order valence-corrected chi connectivity index (χ2v) is 8.01. The number of hydrogen-bond acceptors (Lipinski definition) is 4. The normalized spacial score (nSPS) is 16.9. The van der Waals surface area contributed by atoms with E-state index in [9.17, 15) is 4.79 Å². The van der Waals surface area contributed by atoms with Crippen LogP contribution in [-0.2, 0) is 4.79 Å². The van der Waals surface area contributed by atoms with Crippen molar-refractivity contribution in [1.82, 2.24) is 19.7 Å². The van der Waals surface area contributed by atoms with Gasteiger partial charge in [0.1, 0.15) is 0 Å². The molecule has 1 aliphatic rings. The lowest BCUT2D eigenvalue weighted by Gasteiger charge is -2.33. The maximum Gasteiger partial charge on any atom is 0.233 e. The second-order valence-electron chi connectivity index (χ2n) is 7.06. The van der Waals surface area contributed by atoms with E-state index in [1.54, 1.807) is 0 Å². The zero-order valence-electron chi connectivity index (χ0n) is 16.0. The first kappa shape index (κ1) is 18.7. The van der Waals surface area contributed by atoms with E-state index in [1.807, 2.05) is 70.1 Å². The number of carbonyl (C=O) groups is 1. The van der Waals surface area contributed by atoms with Crippen LogP contribution in [0.3, 0.4) is 0 Å². The number of rotatable bonds is 5. The molecule has 4 rings (SSSR count). The van der Waals surface area contributed by atoms with Gasteiger partial charge in [-0.25, -0.2) is 0 Å². The van der Waals surface area contributed by atoms with Crippen LogP contribution in [0.5, 0.6) is 0 Å². The summed E-state index contributed by atoms with van der Waals surface area (Å²) in [6.45, 7) is 3.00. The number of hydrogen-bond donors (Lipinski definition) is 0. The van der Waals surface area contributed by atoms with Gasteiger partial charge in [0.05, 0.1) is 5.75 Å². The predicted molar refractivity (Wildman–Crippen MR) is 113 cm³/mol. The van der Waals surface area contributed by atoms with Crippen molar-refractivity contribution in [2.45, 2.75) is 37.4 Å². The average Bonchev–Trinajstić information content (AvgIpc) is 3.17. The van der Waals surface area contributed by atoms with E-state index in [0.29, 0.717) is 11.8 Å². The van der Waals surface area contributed by atoms with E-state index in [1.165, 1.54) is 18.2 Å². The molecule has 28 heavy (non-hydrogen) atoms. The summed E-state index contributed by atoms with van der Waals surface area (Å²) in [5, 5.41) is 9.58. The first-order chi connectivity index (χ1) is 13.7. The second kappa shape index (κ2) is 8.61. The van der Waals surface area contributed by atoms with Crippen LogP contribution < -0.4 is 0 Å². The zero-order valence-corrected chi connectivity index (χ0v) is 16.8. The Bertz CT molecular complexity index is 926. The lowest BCUT2D eigenvalue weighted by atomic mass is 10.0. The quantitative estimate of drug-likeness (QED) is 0.603. The van der Waals surface area contributed by atoms with Crippen molar-refractivity contribution in [3.8, 4) is 17.1 Å².